The van der Waals surface area contributed by atoms with E-state index in [9.17, 15) is 14.8 Å². The Kier molecular flexibility index (Phi) is 8.85. The van der Waals surface area contributed by atoms with Gasteiger partial charge in [0.2, 0.25) is 11.8 Å². The number of piperidine rings is 1. The second-order valence-electron chi connectivity index (χ2n) is 12.0. The summed E-state index contributed by atoms with van der Waals surface area (Å²) >= 11 is 0. The van der Waals surface area contributed by atoms with Gasteiger partial charge in [-0.25, -0.2) is 0 Å². The number of aromatic nitrogens is 1. The van der Waals surface area contributed by atoms with Crippen molar-refractivity contribution in [1.82, 2.24) is 15.1 Å². The number of carbonyl (C=O) groups excluding carboxylic acids is 2. The fourth-order valence-corrected chi connectivity index (χ4v) is 6.87. The van der Waals surface area contributed by atoms with E-state index in [2.05, 4.69) is 41.4 Å². The quantitative estimate of drug-likeness (QED) is 0.385. The highest BCUT2D eigenvalue weighted by molar-refractivity contribution is 6.00. The van der Waals surface area contributed by atoms with Crippen molar-refractivity contribution >= 4 is 11.8 Å². The summed E-state index contributed by atoms with van der Waals surface area (Å²) in [7, 11) is 0. The maximum Gasteiger partial charge on any atom is 0.246 e. The summed E-state index contributed by atoms with van der Waals surface area (Å²) < 4.78 is 0.841. The van der Waals surface area contributed by atoms with Crippen LogP contribution in [0.2, 0.25) is 0 Å². The van der Waals surface area contributed by atoms with Crippen molar-refractivity contribution in [2.24, 2.45) is 5.92 Å². The van der Waals surface area contributed by atoms with Gasteiger partial charge in [0, 0.05) is 44.2 Å². The summed E-state index contributed by atoms with van der Waals surface area (Å²) in [4.78, 5) is 31.8. The number of amides is 2. The number of rotatable bonds is 9. The minimum Gasteiger partial charge on any atom is -0.619 e. The Balaban J connectivity index is 1.20. The number of benzene rings is 1. The molecular weight excluding hydrogens is 488 g/mol. The van der Waals surface area contributed by atoms with Crippen LogP contribution in [0.25, 0.3) is 0 Å². The van der Waals surface area contributed by atoms with E-state index in [1.54, 1.807) is 12.3 Å². The molecule has 210 valence electrons. The molecule has 1 atom stereocenters. The number of piperazine rings is 1. The number of carbonyl (C=O) groups is 2. The SMILES string of the molecule is CCCCN1C(=O)C(CC2CCCCC2)NC(=O)C12CCN(Cc1ccc(Cc3ccc[n+]([O-])c3)cc1)CC2. The van der Waals surface area contributed by atoms with Crippen LogP contribution in [0, 0.1) is 11.1 Å². The van der Waals surface area contributed by atoms with Crippen LogP contribution in [-0.2, 0) is 22.6 Å². The lowest BCUT2D eigenvalue weighted by Crippen LogP contribution is -2.73. The highest BCUT2D eigenvalue weighted by atomic mass is 16.5. The van der Waals surface area contributed by atoms with E-state index in [-0.39, 0.29) is 17.9 Å². The minimum absolute atomic E-state index is 0.0725. The topological polar surface area (TPSA) is 79.6 Å². The molecule has 0 bridgehead atoms. The van der Waals surface area contributed by atoms with Crippen LogP contribution in [0.3, 0.4) is 0 Å². The summed E-state index contributed by atoms with van der Waals surface area (Å²) in [5, 5.41) is 14.7. The van der Waals surface area contributed by atoms with Gasteiger partial charge in [0.1, 0.15) is 11.6 Å². The molecule has 1 saturated carbocycles. The number of hydrogen-bond donors (Lipinski definition) is 1. The van der Waals surface area contributed by atoms with Crippen molar-refractivity contribution in [3.8, 4) is 0 Å². The second kappa shape index (κ2) is 12.5. The highest BCUT2D eigenvalue weighted by Crippen LogP contribution is 2.36. The summed E-state index contributed by atoms with van der Waals surface area (Å²) in [6, 6.07) is 12.0. The van der Waals surface area contributed by atoms with Gasteiger partial charge in [-0.05, 0) is 48.8 Å². The number of pyridine rings is 1. The van der Waals surface area contributed by atoms with Crippen LogP contribution < -0.4 is 10.0 Å². The van der Waals surface area contributed by atoms with Crippen LogP contribution in [-0.4, -0.2) is 52.8 Å². The van der Waals surface area contributed by atoms with Gasteiger partial charge in [-0.3, -0.25) is 14.5 Å². The van der Waals surface area contributed by atoms with Crippen molar-refractivity contribution in [3.63, 3.8) is 0 Å². The predicted octanol–water partition coefficient (Wildman–Crippen LogP) is 4.34. The molecule has 7 heteroatoms. The molecule has 2 amide bonds. The minimum atomic E-state index is -0.705. The smallest absolute Gasteiger partial charge is 0.246 e. The Morgan fingerprint density at radius 1 is 1.00 bits per heavy atom. The third-order valence-electron chi connectivity index (χ3n) is 9.19. The van der Waals surface area contributed by atoms with E-state index in [0.717, 1.165) is 55.6 Å². The third kappa shape index (κ3) is 6.46. The van der Waals surface area contributed by atoms with Crippen LogP contribution >= 0.6 is 0 Å². The average molecular weight is 533 g/mol. The third-order valence-corrected chi connectivity index (χ3v) is 9.19. The van der Waals surface area contributed by atoms with Gasteiger partial charge in [0.15, 0.2) is 12.4 Å². The summed E-state index contributed by atoms with van der Waals surface area (Å²) in [6.45, 7) is 5.25. The van der Waals surface area contributed by atoms with E-state index in [0.29, 0.717) is 25.3 Å². The van der Waals surface area contributed by atoms with Crippen molar-refractivity contribution in [2.75, 3.05) is 19.6 Å². The number of unbranched alkanes of at least 4 members (excludes halogenated alkanes) is 1. The summed E-state index contributed by atoms with van der Waals surface area (Å²) in [6.07, 6.45) is 14.1. The molecule has 1 unspecified atom stereocenters. The highest BCUT2D eigenvalue weighted by Gasteiger charge is 2.53. The Labute approximate surface area is 233 Å². The normalized spacial score (nSPS) is 22.3. The zero-order chi connectivity index (χ0) is 27.2. The molecular formula is C32H44N4O3. The van der Waals surface area contributed by atoms with Crippen molar-refractivity contribution < 1.29 is 14.3 Å². The fraction of sp³-hybridized carbons (Fsp3) is 0.594. The van der Waals surface area contributed by atoms with Crippen LogP contribution in [0.5, 0.6) is 0 Å². The van der Waals surface area contributed by atoms with Gasteiger partial charge >= 0.3 is 0 Å². The molecule has 1 N–H and O–H groups in total. The lowest BCUT2D eigenvalue weighted by atomic mass is 9.79. The molecule has 5 rings (SSSR count). The second-order valence-corrected chi connectivity index (χ2v) is 12.0. The maximum absolute atomic E-state index is 13.8. The molecule has 3 aliphatic rings. The largest absolute Gasteiger partial charge is 0.619 e. The van der Waals surface area contributed by atoms with Crippen molar-refractivity contribution in [3.05, 3.63) is 70.7 Å². The molecule has 1 aromatic carbocycles. The van der Waals surface area contributed by atoms with Gasteiger partial charge in [-0.2, -0.15) is 4.73 Å². The summed E-state index contributed by atoms with van der Waals surface area (Å²) in [5.74, 6) is 0.779. The predicted molar refractivity (Wildman–Crippen MR) is 152 cm³/mol. The van der Waals surface area contributed by atoms with Gasteiger partial charge < -0.3 is 15.4 Å². The molecule has 3 fully saturated rings. The van der Waals surface area contributed by atoms with Gasteiger partial charge in [-0.1, -0.05) is 69.7 Å². The van der Waals surface area contributed by atoms with E-state index in [4.69, 9.17) is 0 Å². The molecule has 3 heterocycles. The summed E-state index contributed by atoms with van der Waals surface area (Å²) in [5.41, 5.74) is 2.70. The molecule has 39 heavy (non-hydrogen) atoms. The Morgan fingerprint density at radius 2 is 1.72 bits per heavy atom. The van der Waals surface area contributed by atoms with Crippen molar-refractivity contribution in [2.45, 2.75) is 95.7 Å². The van der Waals surface area contributed by atoms with Crippen molar-refractivity contribution in [1.29, 1.82) is 0 Å². The first kappa shape index (κ1) is 27.6. The molecule has 7 nitrogen and oxygen atoms in total. The average Bonchev–Trinajstić information content (AvgIpc) is 2.94. The zero-order valence-electron chi connectivity index (χ0n) is 23.4. The number of hydrogen-bond acceptors (Lipinski definition) is 4. The molecule has 2 aromatic rings. The molecule has 2 aliphatic heterocycles. The lowest BCUT2D eigenvalue weighted by Gasteiger charge is -2.52. The number of nitrogens with one attached hydrogen (secondary N) is 1. The molecule has 2 saturated heterocycles. The zero-order valence-corrected chi connectivity index (χ0v) is 23.4. The number of nitrogens with zero attached hydrogens (tertiary/aromatic N) is 3. The monoisotopic (exact) mass is 532 g/mol. The Bertz CT molecular complexity index is 1120. The van der Waals surface area contributed by atoms with E-state index >= 15 is 0 Å². The van der Waals surface area contributed by atoms with Gasteiger partial charge in [-0.15, -0.1) is 0 Å². The van der Waals surface area contributed by atoms with Gasteiger partial charge in [0.25, 0.3) is 0 Å². The first-order valence-corrected chi connectivity index (χ1v) is 15.1. The molecule has 1 aromatic heterocycles. The Morgan fingerprint density at radius 3 is 2.41 bits per heavy atom. The number of likely N-dealkylation sites (tertiary alicyclic amines) is 1. The standard InChI is InChI=1S/C32H44N4O3/c1-2-3-18-36-30(37)29(22-25-8-5-4-6-9-25)33-31(38)32(36)15-19-34(20-16-32)23-27-13-11-26(12-14-27)21-28-10-7-17-35(39)24-28/h7,10-14,17,24-25,29H,2-6,8-9,15-16,18-23H2,1H3,(H,33,38). The van der Waals surface area contributed by atoms with Crippen LogP contribution in [0.4, 0.5) is 0 Å². The lowest BCUT2D eigenvalue weighted by molar-refractivity contribution is -0.605. The van der Waals surface area contributed by atoms with E-state index < -0.39 is 5.54 Å². The van der Waals surface area contributed by atoms with E-state index in [1.807, 2.05) is 11.0 Å². The van der Waals surface area contributed by atoms with Crippen LogP contribution in [0.15, 0.2) is 48.8 Å². The van der Waals surface area contributed by atoms with Crippen LogP contribution in [0.1, 0.15) is 87.8 Å². The van der Waals surface area contributed by atoms with Gasteiger partial charge in [0.05, 0.1) is 0 Å². The molecule has 1 aliphatic carbocycles. The first-order chi connectivity index (χ1) is 19.0. The molecule has 0 radical (unpaired) electrons. The van der Waals surface area contributed by atoms with E-state index in [1.165, 1.54) is 49.4 Å². The fourth-order valence-electron chi connectivity index (χ4n) is 6.87. The maximum atomic E-state index is 13.8. The molecule has 1 spiro atoms. The Hall–Kier alpha value is -2.93. The first-order valence-electron chi connectivity index (χ1n) is 15.1.